The highest BCUT2D eigenvalue weighted by atomic mass is 16.6. The van der Waals surface area contributed by atoms with E-state index in [1.54, 1.807) is 28.0 Å². The molecule has 0 aromatic carbocycles. The average Bonchev–Trinajstić information content (AvgIpc) is 2.99. The zero-order valence-corrected chi connectivity index (χ0v) is 14.7. The Hall–Kier alpha value is -2.09. The van der Waals surface area contributed by atoms with E-state index in [9.17, 15) is 9.59 Å². The number of hydrogen-bond donors (Lipinski definition) is 1. The van der Waals surface area contributed by atoms with E-state index in [-0.39, 0.29) is 18.5 Å². The monoisotopic (exact) mass is 337 g/mol. The summed E-state index contributed by atoms with van der Waals surface area (Å²) >= 11 is 0. The second-order valence-corrected chi connectivity index (χ2v) is 6.86. The van der Waals surface area contributed by atoms with Crippen molar-refractivity contribution in [2.45, 2.75) is 32.9 Å². The number of nitrogens with one attached hydrogen (secondary N) is 1. The van der Waals surface area contributed by atoms with Crippen LogP contribution in [0.3, 0.4) is 0 Å². The van der Waals surface area contributed by atoms with Crippen LogP contribution in [0.1, 0.15) is 20.8 Å². The first-order chi connectivity index (χ1) is 11.3. The Bertz CT molecular complexity index is 530. The zero-order valence-electron chi connectivity index (χ0n) is 14.7. The van der Waals surface area contributed by atoms with Gasteiger partial charge in [0.25, 0.3) is 0 Å². The van der Waals surface area contributed by atoms with Gasteiger partial charge in [0.2, 0.25) is 5.91 Å². The number of hydrogen-bond acceptors (Lipinski definition) is 5. The van der Waals surface area contributed by atoms with Crippen LogP contribution in [0.15, 0.2) is 18.5 Å². The number of ether oxygens (including phenoxy) is 1. The maximum Gasteiger partial charge on any atom is 0.410 e. The van der Waals surface area contributed by atoms with Gasteiger partial charge in [-0.1, -0.05) is 0 Å². The molecule has 2 heterocycles. The largest absolute Gasteiger partial charge is 0.444 e. The molecule has 1 fully saturated rings. The molecule has 0 aliphatic carbocycles. The Morgan fingerprint density at radius 3 is 2.50 bits per heavy atom. The summed E-state index contributed by atoms with van der Waals surface area (Å²) in [6.45, 7) is 10.1. The summed E-state index contributed by atoms with van der Waals surface area (Å²) in [5.74, 6) is -0.0499. The summed E-state index contributed by atoms with van der Waals surface area (Å²) in [6, 6.07) is 1.79. The minimum Gasteiger partial charge on any atom is -0.444 e. The van der Waals surface area contributed by atoms with E-state index in [1.165, 1.54) is 0 Å². The highest BCUT2D eigenvalue weighted by molar-refractivity contribution is 5.75. The van der Waals surface area contributed by atoms with Crippen LogP contribution in [0.4, 0.5) is 4.79 Å². The van der Waals surface area contributed by atoms with Crippen LogP contribution < -0.4 is 5.32 Å². The fourth-order valence-corrected chi connectivity index (χ4v) is 2.43. The number of aromatic nitrogens is 2. The smallest absolute Gasteiger partial charge is 0.410 e. The van der Waals surface area contributed by atoms with Crippen LogP contribution in [-0.4, -0.2) is 76.5 Å². The first kappa shape index (κ1) is 18.3. The Kier molecular flexibility index (Phi) is 6.19. The molecule has 2 rings (SSSR count). The Labute approximate surface area is 142 Å². The summed E-state index contributed by atoms with van der Waals surface area (Å²) < 4.78 is 6.97. The van der Waals surface area contributed by atoms with Gasteiger partial charge in [-0.2, -0.15) is 5.10 Å². The lowest BCUT2D eigenvalue weighted by Gasteiger charge is -2.35. The van der Waals surface area contributed by atoms with Gasteiger partial charge < -0.3 is 15.0 Å². The minimum absolute atomic E-state index is 0.0499. The zero-order chi connectivity index (χ0) is 17.6. The number of nitrogens with zero attached hydrogens (tertiary/aromatic N) is 4. The van der Waals surface area contributed by atoms with Crippen LogP contribution in [0.25, 0.3) is 0 Å². The third-order valence-corrected chi connectivity index (χ3v) is 3.64. The highest BCUT2D eigenvalue weighted by Crippen LogP contribution is 2.11. The SMILES string of the molecule is CC(C)(C)OC(=O)N1CCN(CCNC(=O)Cn2cccn2)CC1. The van der Waals surface area contributed by atoms with Crippen molar-refractivity contribution in [3.05, 3.63) is 18.5 Å². The predicted molar refractivity (Wildman–Crippen MR) is 89.5 cm³/mol. The summed E-state index contributed by atoms with van der Waals surface area (Å²) in [5.41, 5.74) is -0.465. The van der Waals surface area contributed by atoms with Gasteiger partial charge in [-0.3, -0.25) is 14.4 Å². The topological polar surface area (TPSA) is 79.7 Å². The Balaban J connectivity index is 1.61. The molecule has 8 nitrogen and oxygen atoms in total. The number of rotatable bonds is 5. The van der Waals surface area contributed by atoms with Crippen molar-refractivity contribution in [2.24, 2.45) is 0 Å². The minimum atomic E-state index is -0.465. The van der Waals surface area contributed by atoms with Crippen LogP contribution in [0.5, 0.6) is 0 Å². The second-order valence-electron chi connectivity index (χ2n) is 6.86. The van der Waals surface area contributed by atoms with Crippen LogP contribution in [0.2, 0.25) is 0 Å². The normalized spacial score (nSPS) is 16.0. The molecule has 1 aliphatic heterocycles. The van der Waals surface area contributed by atoms with Gasteiger partial charge in [0.15, 0.2) is 0 Å². The van der Waals surface area contributed by atoms with E-state index < -0.39 is 5.60 Å². The number of carbonyl (C=O) groups excluding carboxylic acids is 2. The van der Waals surface area contributed by atoms with Gasteiger partial charge >= 0.3 is 6.09 Å². The molecule has 0 atom stereocenters. The summed E-state index contributed by atoms with van der Waals surface area (Å²) in [7, 11) is 0. The molecule has 1 saturated heterocycles. The average molecular weight is 337 g/mol. The van der Waals surface area contributed by atoms with Crippen molar-refractivity contribution in [1.29, 1.82) is 0 Å². The molecule has 8 heteroatoms. The Morgan fingerprint density at radius 2 is 1.92 bits per heavy atom. The number of carbonyl (C=O) groups is 2. The molecule has 0 spiro atoms. The second kappa shape index (κ2) is 8.14. The quantitative estimate of drug-likeness (QED) is 0.849. The third-order valence-electron chi connectivity index (χ3n) is 3.64. The van der Waals surface area contributed by atoms with Gasteiger partial charge in [-0.25, -0.2) is 4.79 Å². The van der Waals surface area contributed by atoms with Crippen molar-refractivity contribution in [2.75, 3.05) is 39.3 Å². The molecular formula is C16H27N5O3. The molecule has 1 aliphatic rings. The summed E-state index contributed by atoms with van der Waals surface area (Å²) in [5, 5.41) is 6.89. The lowest BCUT2D eigenvalue weighted by atomic mass is 10.2. The van der Waals surface area contributed by atoms with E-state index in [4.69, 9.17) is 4.74 Å². The molecule has 1 aromatic heterocycles. The summed E-state index contributed by atoms with van der Waals surface area (Å²) in [6.07, 6.45) is 3.15. The summed E-state index contributed by atoms with van der Waals surface area (Å²) in [4.78, 5) is 27.7. The van der Waals surface area contributed by atoms with Gasteiger partial charge in [0.1, 0.15) is 12.1 Å². The molecule has 0 saturated carbocycles. The van der Waals surface area contributed by atoms with E-state index in [2.05, 4.69) is 15.3 Å². The maximum absolute atomic E-state index is 12.0. The van der Waals surface area contributed by atoms with Gasteiger partial charge in [0, 0.05) is 51.7 Å². The van der Waals surface area contributed by atoms with Crippen molar-refractivity contribution >= 4 is 12.0 Å². The van der Waals surface area contributed by atoms with Crippen LogP contribution in [0, 0.1) is 0 Å². The predicted octanol–water partition coefficient (Wildman–Crippen LogP) is 0.552. The molecule has 0 unspecified atom stereocenters. The highest BCUT2D eigenvalue weighted by Gasteiger charge is 2.25. The molecular weight excluding hydrogens is 310 g/mol. The van der Waals surface area contributed by atoms with E-state index in [1.807, 2.05) is 20.8 Å². The van der Waals surface area contributed by atoms with Gasteiger partial charge in [0.05, 0.1) is 0 Å². The lowest BCUT2D eigenvalue weighted by molar-refractivity contribution is -0.121. The van der Waals surface area contributed by atoms with Gasteiger partial charge in [-0.05, 0) is 26.8 Å². The molecule has 1 N–H and O–H groups in total. The van der Waals surface area contributed by atoms with Gasteiger partial charge in [-0.15, -0.1) is 0 Å². The molecule has 0 bridgehead atoms. The molecule has 2 amide bonds. The number of amides is 2. The molecule has 24 heavy (non-hydrogen) atoms. The van der Waals surface area contributed by atoms with Crippen LogP contribution >= 0.6 is 0 Å². The molecule has 0 radical (unpaired) electrons. The molecule has 1 aromatic rings. The first-order valence-corrected chi connectivity index (χ1v) is 8.28. The standard InChI is InChI=1S/C16H27N5O3/c1-16(2,3)24-15(23)20-11-9-19(10-12-20)8-6-17-14(22)13-21-7-4-5-18-21/h4-5,7H,6,8-13H2,1-3H3,(H,17,22). The maximum atomic E-state index is 12.0. The Morgan fingerprint density at radius 1 is 1.21 bits per heavy atom. The fourth-order valence-electron chi connectivity index (χ4n) is 2.43. The van der Waals surface area contributed by atoms with Crippen molar-refractivity contribution < 1.29 is 14.3 Å². The number of piperazine rings is 1. The van der Waals surface area contributed by atoms with E-state index >= 15 is 0 Å². The third kappa shape index (κ3) is 6.19. The van der Waals surface area contributed by atoms with Crippen molar-refractivity contribution in [3.8, 4) is 0 Å². The lowest BCUT2D eigenvalue weighted by Crippen LogP contribution is -2.51. The van der Waals surface area contributed by atoms with Crippen molar-refractivity contribution in [1.82, 2.24) is 24.9 Å². The van der Waals surface area contributed by atoms with E-state index in [0.717, 1.165) is 19.6 Å². The fraction of sp³-hybridized carbons (Fsp3) is 0.688. The van der Waals surface area contributed by atoms with Crippen LogP contribution in [-0.2, 0) is 16.1 Å². The molecule has 134 valence electrons. The first-order valence-electron chi connectivity index (χ1n) is 8.28. The van der Waals surface area contributed by atoms with E-state index in [0.29, 0.717) is 19.6 Å². The van der Waals surface area contributed by atoms with Crippen molar-refractivity contribution in [3.63, 3.8) is 0 Å².